The van der Waals surface area contributed by atoms with Gasteiger partial charge in [0.1, 0.15) is 11.6 Å². The average Bonchev–Trinajstić information content (AvgIpc) is 3.43. The van der Waals surface area contributed by atoms with Crippen LogP contribution in [0.1, 0.15) is 31.2 Å². The summed E-state index contributed by atoms with van der Waals surface area (Å²) in [6, 6.07) is 7.22. The fraction of sp³-hybridized carbons (Fsp3) is 0.421. The summed E-state index contributed by atoms with van der Waals surface area (Å²) in [5.74, 6) is -0.358. The Hall–Kier alpha value is -2.39. The van der Waals surface area contributed by atoms with Gasteiger partial charge in [0.25, 0.3) is 5.56 Å². The van der Waals surface area contributed by atoms with Crippen molar-refractivity contribution in [3.63, 3.8) is 0 Å². The highest BCUT2D eigenvalue weighted by atomic mass is 32.2. The molecule has 1 saturated carbocycles. The number of hydrogen-bond donors (Lipinski definition) is 3. The van der Waals surface area contributed by atoms with Gasteiger partial charge in [-0.2, -0.15) is 0 Å². The van der Waals surface area contributed by atoms with Gasteiger partial charge in [-0.1, -0.05) is 6.07 Å². The number of hydrogen-bond acceptors (Lipinski definition) is 5. The minimum atomic E-state index is -3.75. The predicted octanol–water partition coefficient (Wildman–Crippen LogP) is 2.62. The maximum absolute atomic E-state index is 14.3. The van der Waals surface area contributed by atoms with E-state index in [1.54, 1.807) is 13.0 Å². The van der Waals surface area contributed by atoms with Crippen molar-refractivity contribution in [2.45, 2.75) is 37.4 Å². The zero-order chi connectivity index (χ0) is 20.5. The number of anilines is 3. The van der Waals surface area contributed by atoms with Crippen molar-refractivity contribution in [1.82, 2.24) is 4.57 Å². The number of aromatic nitrogens is 1. The quantitative estimate of drug-likeness (QED) is 0.622. The molecule has 9 heteroatoms. The van der Waals surface area contributed by atoms with Gasteiger partial charge in [-0.05, 0) is 56.4 Å². The largest absolute Gasteiger partial charge is 0.396 e. The van der Waals surface area contributed by atoms with Crippen LogP contribution in [0, 0.1) is 12.7 Å². The molecule has 0 amide bonds. The Morgan fingerprint density at radius 2 is 1.89 bits per heavy atom. The summed E-state index contributed by atoms with van der Waals surface area (Å²) in [5, 5.41) is 11.9. The second-order valence-corrected chi connectivity index (χ2v) is 9.29. The number of nitrogens with one attached hydrogen (secondary N) is 2. The monoisotopic (exact) mass is 409 g/mol. The molecule has 1 fully saturated rings. The molecule has 3 N–H and O–H groups in total. The van der Waals surface area contributed by atoms with Crippen molar-refractivity contribution >= 4 is 27.2 Å². The van der Waals surface area contributed by atoms with E-state index in [1.807, 2.05) is 0 Å². The van der Waals surface area contributed by atoms with Gasteiger partial charge in [0.15, 0.2) is 0 Å². The molecule has 0 atom stereocenters. The Bertz CT molecular complexity index is 1050. The lowest BCUT2D eigenvalue weighted by atomic mass is 10.2. The maximum atomic E-state index is 14.3. The first-order valence-electron chi connectivity index (χ1n) is 9.05. The van der Waals surface area contributed by atoms with Gasteiger partial charge >= 0.3 is 0 Å². The number of nitrogens with zero attached hydrogens (tertiary/aromatic N) is 1. The van der Waals surface area contributed by atoms with E-state index < -0.39 is 20.6 Å². The number of halogens is 1. The van der Waals surface area contributed by atoms with Crippen LogP contribution in [-0.2, 0) is 17.1 Å². The molecule has 3 rings (SSSR count). The highest BCUT2D eigenvalue weighted by molar-refractivity contribution is 7.94. The van der Waals surface area contributed by atoms with Gasteiger partial charge in [0.2, 0.25) is 10.0 Å². The summed E-state index contributed by atoms with van der Waals surface area (Å²) >= 11 is 0. The van der Waals surface area contributed by atoms with Crippen LogP contribution in [0.4, 0.5) is 21.6 Å². The molecule has 1 aliphatic carbocycles. The summed E-state index contributed by atoms with van der Waals surface area (Å²) in [6.07, 6.45) is 1.79. The minimum absolute atomic E-state index is 0.0728. The standard InChI is InChI=1S/C19H24FN3O4S/c1-13-4-5-15(14(20)12-13)21-18-16(6-7-17(25)23(18)2)22-28(26,27)19(9-10-19)8-3-11-24/h4-7,12,21-22,24H,3,8-11H2,1-2H3. The maximum Gasteiger partial charge on any atom is 0.251 e. The first-order valence-corrected chi connectivity index (χ1v) is 10.5. The molecular formula is C19H24FN3O4S. The Morgan fingerprint density at radius 3 is 2.50 bits per heavy atom. The normalized spacial score (nSPS) is 15.3. The number of rotatable bonds is 8. The third-order valence-electron chi connectivity index (χ3n) is 5.10. The second-order valence-electron chi connectivity index (χ2n) is 7.22. The molecule has 1 aromatic carbocycles. The number of pyridine rings is 1. The van der Waals surface area contributed by atoms with Gasteiger partial charge in [0.05, 0.1) is 16.1 Å². The minimum Gasteiger partial charge on any atom is -0.396 e. The van der Waals surface area contributed by atoms with Crippen molar-refractivity contribution in [3.05, 3.63) is 52.1 Å². The van der Waals surface area contributed by atoms with E-state index >= 15 is 0 Å². The number of aliphatic hydroxyl groups excluding tert-OH is 1. The fourth-order valence-electron chi connectivity index (χ4n) is 3.17. The molecule has 0 saturated heterocycles. The lowest BCUT2D eigenvalue weighted by Crippen LogP contribution is -2.31. The lowest BCUT2D eigenvalue weighted by Gasteiger charge is -2.21. The smallest absolute Gasteiger partial charge is 0.251 e. The number of aliphatic hydroxyl groups is 1. The van der Waals surface area contributed by atoms with Crippen molar-refractivity contribution in [2.24, 2.45) is 7.05 Å². The second kappa shape index (κ2) is 7.56. The van der Waals surface area contributed by atoms with Crippen molar-refractivity contribution in [3.8, 4) is 0 Å². The molecule has 7 nitrogen and oxygen atoms in total. The van der Waals surface area contributed by atoms with Crippen LogP contribution in [0.3, 0.4) is 0 Å². The van der Waals surface area contributed by atoms with E-state index in [9.17, 15) is 17.6 Å². The summed E-state index contributed by atoms with van der Waals surface area (Å²) in [4.78, 5) is 12.1. The number of aryl methyl sites for hydroxylation is 1. The number of benzene rings is 1. The molecule has 0 bridgehead atoms. The molecule has 0 unspecified atom stereocenters. The fourth-order valence-corrected chi connectivity index (χ4v) is 4.89. The van der Waals surface area contributed by atoms with Crippen LogP contribution < -0.4 is 15.6 Å². The Morgan fingerprint density at radius 1 is 1.21 bits per heavy atom. The molecule has 1 aromatic heterocycles. The zero-order valence-electron chi connectivity index (χ0n) is 15.8. The Labute approximate surface area is 163 Å². The third-order valence-corrected chi connectivity index (χ3v) is 7.35. The van der Waals surface area contributed by atoms with E-state index in [0.717, 1.165) is 5.56 Å². The molecule has 0 radical (unpaired) electrons. The topological polar surface area (TPSA) is 100 Å². The van der Waals surface area contributed by atoms with Crippen molar-refractivity contribution < 1.29 is 17.9 Å². The summed E-state index contributed by atoms with van der Waals surface area (Å²) in [6.45, 7) is 1.68. The van der Waals surface area contributed by atoms with Crippen molar-refractivity contribution in [2.75, 3.05) is 16.6 Å². The van der Waals surface area contributed by atoms with Crippen LogP contribution >= 0.6 is 0 Å². The van der Waals surface area contributed by atoms with Crippen LogP contribution in [0.2, 0.25) is 0 Å². The molecule has 2 aromatic rings. The molecule has 0 aliphatic heterocycles. The molecule has 1 heterocycles. The summed E-state index contributed by atoms with van der Waals surface area (Å²) in [5.41, 5.74) is 0.677. The van der Waals surface area contributed by atoms with E-state index in [1.165, 1.54) is 35.9 Å². The van der Waals surface area contributed by atoms with Crippen LogP contribution in [0.5, 0.6) is 0 Å². The highest BCUT2D eigenvalue weighted by Gasteiger charge is 2.54. The van der Waals surface area contributed by atoms with Gasteiger partial charge in [-0.15, -0.1) is 0 Å². The van der Waals surface area contributed by atoms with Gasteiger partial charge in [0, 0.05) is 19.7 Å². The molecule has 1 aliphatic rings. The van der Waals surface area contributed by atoms with Crippen LogP contribution in [0.15, 0.2) is 35.1 Å². The Balaban J connectivity index is 1.96. The van der Waals surface area contributed by atoms with Gasteiger partial charge in [-0.25, -0.2) is 12.8 Å². The van der Waals surface area contributed by atoms with Crippen LogP contribution in [0.25, 0.3) is 0 Å². The first-order chi connectivity index (χ1) is 13.2. The zero-order valence-corrected chi connectivity index (χ0v) is 16.6. The Kier molecular flexibility index (Phi) is 5.49. The summed E-state index contributed by atoms with van der Waals surface area (Å²) < 4.78 is 43.0. The first kappa shape index (κ1) is 20.3. The molecule has 0 spiro atoms. The average molecular weight is 409 g/mol. The van der Waals surface area contributed by atoms with Gasteiger partial charge in [-0.3, -0.25) is 14.1 Å². The highest BCUT2D eigenvalue weighted by Crippen LogP contribution is 2.48. The molecule has 152 valence electrons. The SMILES string of the molecule is Cc1ccc(Nc2c(NS(=O)(=O)C3(CCCO)CC3)ccc(=O)n2C)c(F)c1. The molecular weight excluding hydrogens is 385 g/mol. The molecule has 28 heavy (non-hydrogen) atoms. The number of sulfonamides is 1. The predicted molar refractivity (Wildman–Crippen MR) is 107 cm³/mol. The summed E-state index contributed by atoms with van der Waals surface area (Å²) in [7, 11) is -2.27. The van der Waals surface area contributed by atoms with E-state index in [-0.39, 0.29) is 29.4 Å². The third kappa shape index (κ3) is 3.90. The van der Waals surface area contributed by atoms with E-state index in [0.29, 0.717) is 25.7 Å². The van der Waals surface area contributed by atoms with E-state index in [4.69, 9.17) is 5.11 Å². The van der Waals surface area contributed by atoms with E-state index in [2.05, 4.69) is 10.0 Å². The van der Waals surface area contributed by atoms with Crippen LogP contribution in [-0.4, -0.2) is 29.4 Å². The lowest BCUT2D eigenvalue weighted by molar-refractivity contribution is 0.282. The van der Waals surface area contributed by atoms with Crippen molar-refractivity contribution in [1.29, 1.82) is 0 Å². The van der Waals surface area contributed by atoms with Gasteiger partial charge < -0.3 is 10.4 Å².